The van der Waals surface area contributed by atoms with Crippen LogP contribution in [0.25, 0.3) is 11.3 Å². The fourth-order valence-electron chi connectivity index (χ4n) is 4.06. The van der Waals surface area contributed by atoms with E-state index in [9.17, 15) is 37.7 Å². The molecule has 1 fully saturated rings. The number of hydrogen-bond donors (Lipinski definition) is 3. The van der Waals surface area contributed by atoms with Crippen LogP contribution in [0.4, 0.5) is 17.6 Å². The zero-order valence-electron chi connectivity index (χ0n) is 19.2. The van der Waals surface area contributed by atoms with Gasteiger partial charge in [-0.3, -0.25) is 4.79 Å². The van der Waals surface area contributed by atoms with Gasteiger partial charge in [-0.2, -0.15) is 0 Å². The summed E-state index contributed by atoms with van der Waals surface area (Å²) in [6, 6.07) is 8.57. The lowest BCUT2D eigenvalue weighted by molar-refractivity contribution is -0.274. The van der Waals surface area contributed by atoms with Gasteiger partial charge in [0.25, 0.3) is 5.91 Å². The Balaban J connectivity index is 1.60. The molecule has 10 nitrogen and oxygen atoms in total. The van der Waals surface area contributed by atoms with Crippen LogP contribution in [0, 0.1) is 5.82 Å². The molecule has 3 N–H and O–H groups in total. The molecule has 0 spiro atoms. The molecule has 14 heteroatoms. The van der Waals surface area contributed by atoms with Crippen molar-refractivity contribution in [1.82, 2.24) is 19.9 Å². The Hall–Kier alpha value is -3.59. The molecular formula is C23H22F4N4O6. The van der Waals surface area contributed by atoms with Gasteiger partial charge in [-0.25, -0.2) is 9.07 Å². The minimum atomic E-state index is -4.96. The molecule has 5 unspecified atom stereocenters. The second-order valence-corrected chi connectivity index (χ2v) is 8.31. The Kier molecular flexibility index (Phi) is 7.45. The van der Waals surface area contributed by atoms with E-state index in [4.69, 9.17) is 4.74 Å². The summed E-state index contributed by atoms with van der Waals surface area (Å²) in [5.41, 5.74) is 0.414. The van der Waals surface area contributed by atoms with Crippen LogP contribution in [0.3, 0.4) is 0 Å². The van der Waals surface area contributed by atoms with Crippen molar-refractivity contribution in [2.45, 2.75) is 36.9 Å². The molecular weight excluding hydrogens is 504 g/mol. The maximum absolute atomic E-state index is 13.6. The number of aliphatic hydroxyl groups is 3. The zero-order valence-corrected chi connectivity index (χ0v) is 19.2. The van der Waals surface area contributed by atoms with Crippen LogP contribution in [0.15, 0.2) is 54.7 Å². The number of nitrogens with zero attached hydrogens (tertiary/aromatic N) is 4. The number of hydrogen-bond acceptors (Lipinski definition) is 8. The van der Waals surface area contributed by atoms with Crippen LogP contribution in [0.2, 0.25) is 0 Å². The number of alkyl halides is 3. The van der Waals surface area contributed by atoms with Crippen molar-refractivity contribution in [3.63, 3.8) is 0 Å². The largest absolute Gasteiger partial charge is 0.573 e. The molecule has 1 aliphatic rings. The minimum absolute atomic E-state index is 0.197. The minimum Gasteiger partial charge on any atom is -0.406 e. The number of aromatic nitrogens is 3. The molecule has 0 radical (unpaired) electrons. The van der Waals surface area contributed by atoms with Gasteiger partial charge in [0.15, 0.2) is 6.23 Å². The van der Waals surface area contributed by atoms with E-state index in [2.05, 4.69) is 15.0 Å². The Morgan fingerprint density at radius 3 is 2.57 bits per heavy atom. The Morgan fingerprint density at radius 2 is 1.89 bits per heavy atom. The fraction of sp³-hybridized carbons (Fsp3) is 0.348. The summed E-state index contributed by atoms with van der Waals surface area (Å²) in [6.45, 7) is -0.691. The highest BCUT2D eigenvalue weighted by Gasteiger charge is 2.48. The second-order valence-electron chi connectivity index (χ2n) is 8.31. The molecule has 2 heterocycles. The smallest absolute Gasteiger partial charge is 0.406 e. The lowest BCUT2D eigenvalue weighted by Crippen LogP contribution is -2.61. The summed E-state index contributed by atoms with van der Waals surface area (Å²) in [7, 11) is 1.23. The first-order chi connectivity index (χ1) is 17.5. The van der Waals surface area contributed by atoms with Crippen molar-refractivity contribution in [3.8, 4) is 17.0 Å². The quantitative estimate of drug-likeness (QED) is 0.414. The molecule has 0 saturated carbocycles. The fourth-order valence-corrected chi connectivity index (χ4v) is 4.06. The number of amides is 1. The number of ether oxygens (including phenoxy) is 2. The lowest BCUT2D eigenvalue weighted by Gasteiger charge is -2.45. The molecule has 1 saturated heterocycles. The molecule has 0 bridgehead atoms. The van der Waals surface area contributed by atoms with Crippen molar-refractivity contribution in [2.24, 2.45) is 0 Å². The van der Waals surface area contributed by atoms with Crippen molar-refractivity contribution in [2.75, 3.05) is 13.7 Å². The molecule has 5 atom stereocenters. The third-order valence-corrected chi connectivity index (χ3v) is 5.82. The van der Waals surface area contributed by atoms with Crippen molar-refractivity contribution >= 4 is 5.91 Å². The first kappa shape index (κ1) is 26.5. The summed E-state index contributed by atoms with van der Waals surface area (Å²) < 4.78 is 61.9. The number of benzene rings is 2. The predicted molar refractivity (Wildman–Crippen MR) is 117 cm³/mol. The van der Waals surface area contributed by atoms with Crippen LogP contribution in [-0.2, 0) is 4.74 Å². The van der Waals surface area contributed by atoms with E-state index in [1.165, 1.54) is 43.6 Å². The summed E-state index contributed by atoms with van der Waals surface area (Å²) in [5.74, 6) is -1.96. The number of halogens is 4. The highest BCUT2D eigenvalue weighted by atomic mass is 19.4. The number of rotatable bonds is 6. The predicted octanol–water partition coefficient (Wildman–Crippen LogP) is 1.74. The van der Waals surface area contributed by atoms with E-state index in [0.29, 0.717) is 5.56 Å². The summed E-state index contributed by atoms with van der Waals surface area (Å²) >= 11 is 0. The van der Waals surface area contributed by atoms with E-state index in [-0.39, 0.29) is 11.3 Å². The average molecular weight is 526 g/mol. The van der Waals surface area contributed by atoms with E-state index in [1.807, 2.05) is 0 Å². The number of carbonyl (C=O) groups excluding carboxylic acids is 1. The molecule has 1 aromatic heterocycles. The average Bonchev–Trinajstić information content (AvgIpc) is 3.32. The highest BCUT2D eigenvalue weighted by molar-refractivity contribution is 5.94. The molecule has 198 valence electrons. The standard InChI is InChI=1S/C23H22F4N4O6/c1-30(21(35)13-5-3-7-15(9-13)37-23(25,26)27)22-20(34)18(19(33)17(11-32)36-22)31-10-16(28-29-31)12-4-2-6-14(24)8-12/h2-10,17-20,22,32-34H,11H2,1H3. The first-order valence-electron chi connectivity index (χ1n) is 10.9. The van der Waals surface area contributed by atoms with Crippen molar-refractivity contribution < 1.29 is 47.1 Å². The Labute approximate surface area is 207 Å². The van der Waals surface area contributed by atoms with Crippen molar-refractivity contribution in [3.05, 3.63) is 66.1 Å². The second kappa shape index (κ2) is 10.4. The lowest BCUT2D eigenvalue weighted by atomic mass is 9.94. The van der Waals surface area contributed by atoms with Gasteiger partial charge in [-0.1, -0.05) is 23.4 Å². The van der Waals surface area contributed by atoms with Gasteiger partial charge in [0.2, 0.25) is 0 Å². The Morgan fingerprint density at radius 1 is 1.16 bits per heavy atom. The number of aliphatic hydroxyl groups excluding tert-OH is 3. The summed E-state index contributed by atoms with van der Waals surface area (Å²) in [4.78, 5) is 14.0. The molecule has 37 heavy (non-hydrogen) atoms. The SMILES string of the molecule is CN(C(=O)c1cccc(OC(F)(F)F)c1)C1OC(CO)C(O)C(n2cc(-c3cccc(F)c3)nn2)C1O. The third kappa shape index (κ3) is 5.72. The molecule has 2 aromatic carbocycles. The molecule has 1 aliphatic heterocycles. The summed E-state index contributed by atoms with van der Waals surface area (Å²) in [6.07, 6.45) is -9.45. The maximum Gasteiger partial charge on any atom is 0.573 e. The topological polar surface area (TPSA) is 130 Å². The van der Waals surface area contributed by atoms with Gasteiger partial charge in [0.05, 0.1) is 12.8 Å². The Bertz CT molecular complexity index is 1260. The van der Waals surface area contributed by atoms with Gasteiger partial charge in [0.1, 0.15) is 41.6 Å². The molecule has 0 aliphatic carbocycles. The van der Waals surface area contributed by atoms with Gasteiger partial charge < -0.3 is 29.7 Å². The van der Waals surface area contributed by atoms with E-state index in [1.54, 1.807) is 6.07 Å². The van der Waals surface area contributed by atoms with Crippen LogP contribution in [-0.4, -0.2) is 85.7 Å². The van der Waals surface area contributed by atoms with E-state index >= 15 is 0 Å². The molecule has 1 amide bonds. The van der Waals surface area contributed by atoms with Crippen LogP contribution >= 0.6 is 0 Å². The zero-order chi connectivity index (χ0) is 26.9. The normalized spacial score (nSPS) is 24.1. The summed E-state index contributed by atoms with van der Waals surface area (Å²) in [5, 5.41) is 39.4. The van der Waals surface area contributed by atoms with Gasteiger partial charge >= 0.3 is 6.36 Å². The first-order valence-corrected chi connectivity index (χ1v) is 10.9. The van der Waals surface area contributed by atoms with Crippen LogP contribution in [0.5, 0.6) is 5.75 Å². The third-order valence-electron chi connectivity index (χ3n) is 5.82. The van der Waals surface area contributed by atoms with E-state index < -0.39 is 61.0 Å². The van der Waals surface area contributed by atoms with Crippen molar-refractivity contribution in [1.29, 1.82) is 0 Å². The monoisotopic (exact) mass is 526 g/mol. The van der Waals surface area contributed by atoms with Gasteiger partial charge in [-0.15, -0.1) is 18.3 Å². The van der Waals surface area contributed by atoms with Gasteiger partial charge in [-0.05, 0) is 30.3 Å². The van der Waals surface area contributed by atoms with E-state index in [0.717, 1.165) is 21.7 Å². The molecule has 4 rings (SSSR count). The maximum atomic E-state index is 13.6. The highest BCUT2D eigenvalue weighted by Crippen LogP contribution is 2.33. The van der Waals surface area contributed by atoms with Crippen LogP contribution in [0.1, 0.15) is 16.4 Å². The van der Waals surface area contributed by atoms with Gasteiger partial charge in [0, 0.05) is 18.2 Å². The van der Waals surface area contributed by atoms with Crippen LogP contribution < -0.4 is 4.74 Å². The molecule has 3 aromatic rings. The number of likely N-dealkylation sites (N-methyl/N-ethyl adjacent to an activating group) is 1. The number of carbonyl (C=O) groups is 1.